The molecule has 1 aliphatic rings. The Kier molecular flexibility index (Phi) is 13.1. The maximum absolute atomic E-state index is 12.6. The lowest BCUT2D eigenvalue weighted by atomic mass is 10.1. The molecule has 1 aromatic carbocycles. The highest BCUT2D eigenvalue weighted by atomic mass is 127. The van der Waals surface area contributed by atoms with Crippen molar-refractivity contribution >= 4 is 29.9 Å². The molecule has 1 fully saturated rings. The molecule has 1 aliphatic heterocycles. The van der Waals surface area contributed by atoms with Crippen molar-refractivity contribution in [3.05, 3.63) is 23.8 Å². The normalized spacial score (nSPS) is 16.8. The Labute approximate surface area is 205 Å². The van der Waals surface area contributed by atoms with Gasteiger partial charge in [-0.05, 0) is 38.5 Å². The third-order valence-corrected chi connectivity index (χ3v) is 4.59. The third kappa shape index (κ3) is 10.5. The third-order valence-electron chi connectivity index (χ3n) is 4.59. The van der Waals surface area contributed by atoms with Gasteiger partial charge >= 0.3 is 6.61 Å². The monoisotopic (exact) mass is 572 g/mol. The zero-order chi connectivity index (χ0) is 22.7. The van der Waals surface area contributed by atoms with Gasteiger partial charge in [0.2, 0.25) is 0 Å². The van der Waals surface area contributed by atoms with Crippen molar-refractivity contribution in [3.8, 4) is 11.5 Å². The Bertz CT molecular complexity index is 704. The zero-order valence-corrected chi connectivity index (χ0v) is 21.2. The summed E-state index contributed by atoms with van der Waals surface area (Å²) in [7, 11) is 0. The summed E-state index contributed by atoms with van der Waals surface area (Å²) in [4.78, 5) is 6.70. The number of aliphatic imine (C=N–C) groups is 1. The van der Waals surface area contributed by atoms with Gasteiger partial charge in [-0.25, -0.2) is 4.99 Å². The smallest absolute Gasteiger partial charge is 0.387 e. The first-order valence-electron chi connectivity index (χ1n) is 10.6. The Hall–Kier alpha value is -1.44. The molecule has 11 heteroatoms. The van der Waals surface area contributed by atoms with E-state index in [0.717, 1.165) is 18.7 Å². The average Bonchev–Trinajstić information content (AvgIpc) is 2.72. The van der Waals surface area contributed by atoms with E-state index >= 15 is 0 Å². The number of morpholine rings is 1. The number of β-amino-alcohol motifs (C(OH)–C–C–N with tert-alkyl or cyclic N) is 1. The fourth-order valence-corrected chi connectivity index (χ4v) is 3.20. The minimum Gasteiger partial charge on any atom is -0.490 e. The summed E-state index contributed by atoms with van der Waals surface area (Å²) < 4.78 is 40.4. The fourth-order valence-electron chi connectivity index (χ4n) is 3.20. The van der Waals surface area contributed by atoms with E-state index in [9.17, 15) is 13.9 Å². The van der Waals surface area contributed by atoms with Crippen LogP contribution < -0.4 is 20.1 Å². The van der Waals surface area contributed by atoms with Crippen LogP contribution in [-0.4, -0.2) is 80.7 Å². The van der Waals surface area contributed by atoms with Gasteiger partial charge in [0.05, 0.1) is 32.0 Å². The van der Waals surface area contributed by atoms with Gasteiger partial charge in [0.25, 0.3) is 0 Å². The highest BCUT2D eigenvalue weighted by Gasteiger charge is 2.25. The minimum absolute atomic E-state index is 0. The van der Waals surface area contributed by atoms with Gasteiger partial charge in [-0.15, -0.1) is 24.0 Å². The zero-order valence-electron chi connectivity index (χ0n) is 18.9. The predicted molar refractivity (Wildman–Crippen MR) is 130 cm³/mol. The van der Waals surface area contributed by atoms with E-state index in [1.807, 2.05) is 6.92 Å². The summed E-state index contributed by atoms with van der Waals surface area (Å²) >= 11 is 0. The van der Waals surface area contributed by atoms with E-state index in [4.69, 9.17) is 9.47 Å². The maximum Gasteiger partial charge on any atom is 0.387 e. The Morgan fingerprint density at radius 2 is 1.97 bits per heavy atom. The lowest BCUT2D eigenvalue weighted by molar-refractivity contribution is -0.0514. The first kappa shape index (κ1) is 28.6. The number of halogens is 3. The topological polar surface area (TPSA) is 87.6 Å². The summed E-state index contributed by atoms with van der Waals surface area (Å²) in [6.07, 6.45) is 0. The number of nitrogens with zero attached hydrogens (tertiary/aromatic N) is 2. The molecular weight excluding hydrogens is 537 g/mol. The number of aliphatic hydroxyl groups is 1. The van der Waals surface area contributed by atoms with Crippen molar-refractivity contribution < 1.29 is 28.1 Å². The first-order chi connectivity index (χ1) is 14.8. The fraction of sp³-hybridized carbons (Fsp3) is 0.667. The molecule has 0 aromatic heterocycles. The lowest BCUT2D eigenvalue weighted by Crippen LogP contribution is -2.52. The highest BCUT2D eigenvalue weighted by molar-refractivity contribution is 14.0. The maximum atomic E-state index is 12.6. The first-order valence-corrected chi connectivity index (χ1v) is 10.6. The number of rotatable bonds is 11. The molecule has 1 unspecified atom stereocenters. The van der Waals surface area contributed by atoms with Crippen LogP contribution in [0, 0.1) is 0 Å². The van der Waals surface area contributed by atoms with Gasteiger partial charge in [0, 0.05) is 32.7 Å². The molecule has 0 amide bonds. The van der Waals surface area contributed by atoms with Gasteiger partial charge < -0.3 is 30.0 Å². The molecule has 0 saturated carbocycles. The van der Waals surface area contributed by atoms with E-state index in [1.54, 1.807) is 26.0 Å². The van der Waals surface area contributed by atoms with Gasteiger partial charge in [-0.1, -0.05) is 6.07 Å². The van der Waals surface area contributed by atoms with Crippen molar-refractivity contribution in [1.29, 1.82) is 0 Å². The molecule has 1 saturated heterocycles. The number of ether oxygens (including phenoxy) is 3. The average molecular weight is 572 g/mol. The van der Waals surface area contributed by atoms with Crippen LogP contribution in [0.3, 0.4) is 0 Å². The second-order valence-electron chi connectivity index (χ2n) is 7.53. The predicted octanol–water partition coefficient (Wildman–Crippen LogP) is 2.44. The molecule has 0 bridgehead atoms. The Morgan fingerprint density at radius 3 is 2.59 bits per heavy atom. The summed E-state index contributed by atoms with van der Waals surface area (Å²) in [5, 5.41) is 17.1. The quantitative estimate of drug-likeness (QED) is 0.214. The van der Waals surface area contributed by atoms with Crippen molar-refractivity contribution in [2.24, 2.45) is 4.99 Å². The van der Waals surface area contributed by atoms with Crippen molar-refractivity contribution in [2.75, 3.05) is 52.5 Å². The van der Waals surface area contributed by atoms with Gasteiger partial charge in [-0.2, -0.15) is 8.78 Å². The molecule has 3 N–H and O–H groups in total. The van der Waals surface area contributed by atoms with Crippen molar-refractivity contribution in [3.63, 3.8) is 0 Å². The number of nitrogens with one attached hydrogen (secondary N) is 2. The molecule has 32 heavy (non-hydrogen) atoms. The van der Waals surface area contributed by atoms with E-state index in [2.05, 4.69) is 25.3 Å². The molecule has 1 atom stereocenters. The molecule has 2 rings (SSSR count). The molecule has 0 aliphatic carbocycles. The van der Waals surface area contributed by atoms with E-state index < -0.39 is 12.2 Å². The SMILES string of the molecule is CCNC(=NCc1ccc(OC(F)F)c(OCC)c1)NCC(C)(O)CN1CCOCC1.I. The second-order valence-corrected chi connectivity index (χ2v) is 7.53. The Morgan fingerprint density at radius 1 is 1.25 bits per heavy atom. The van der Waals surface area contributed by atoms with Crippen LogP contribution in [0.25, 0.3) is 0 Å². The number of hydrogen-bond acceptors (Lipinski definition) is 6. The van der Waals surface area contributed by atoms with Gasteiger partial charge in [0.15, 0.2) is 17.5 Å². The van der Waals surface area contributed by atoms with E-state index in [0.29, 0.717) is 52.0 Å². The molecule has 1 aromatic rings. The number of hydrogen-bond donors (Lipinski definition) is 3. The summed E-state index contributed by atoms with van der Waals surface area (Å²) in [6.45, 7) is 7.69. The highest BCUT2D eigenvalue weighted by Crippen LogP contribution is 2.30. The number of guanidine groups is 1. The van der Waals surface area contributed by atoms with Gasteiger partial charge in [-0.3, -0.25) is 4.90 Å². The summed E-state index contributed by atoms with van der Waals surface area (Å²) in [6, 6.07) is 4.76. The molecule has 1 heterocycles. The number of alkyl halides is 2. The largest absolute Gasteiger partial charge is 0.490 e. The van der Waals surface area contributed by atoms with Crippen LogP contribution in [0.15, 0.2) is 23.2 Å². The summed E-state index contributed by atoms with van der Waals surface area (Å²) in [5.41, 5.74) is -0.161. The lowest BCUT2D eigenvalue weighted by Gasteiger charge is -2.34. The minimum atomic E-state index is -2.92. The molecule has 0 spiro atoms. The standard InChI is InChI=1S/C21H34F2N4O4.HI/c1-4-24-20(26-14-21(3,28)15-27-8-10-29-11-9-27)25-13-16-6-7-17(31-19(22)23)18(12-16)30-5-2;/h6-7,12,19,28H,4-5,8-11,13-15H2,1-3H3,(H2,24,25,26);1H. The molecule has 184 valence electrons. The van der Waals surface area contributed by atoms with Crippen LogP contribution in [0.5, 0.6) is 11.5 Å². The molecular formula is C21H35F2IN4O4. The molecule has 8 nitrogen and oxygen atoms in total. The van der Waals surface area contributed by atoms with E-state index in [1.165, 1.54) is 6.07 Å². The van der Waals surface area contributed by atoms with Crippen LogP contribution in [0.1, 0.15) is 26.3 Å². The van der Waals surface area contributed by atoms with Crippen molar-refractivity contribution in [2.45, 2.75) is 39.5 Å². The molecule has 0 radical (unpaired) electrons. The Balaban J connectivity index is 0.00000512. The van der Waals surface area contributed by atoms with Crippen LogP contribution in [0.4, 0.5) is 8.78 Å². The van der Waals surface area contributed by atoms with Gasteiger partial charge in [0.1, 0.15) is 0 Å². The number of benzene rings is 1. The van der Waals surface area contributed by atoms with Crippen LogP contribution in [-0.2, 0) is 11.3 Å². The van der Waals surface area contributed by atoms with Crippen molar-refractivity contribution in [1.82, 2.24) is 15.5 Å². The van der Waals surface area contributed by atoms with Crippen LogP contribution >= 0.6 is 24.0 Å². The van der Waals surface area contributed by atoms with Crippen LogP contribution in [0.2, 0.25) is 0 Å². The van der Waals surface area contributed by atoms with E-state index in [-0.39, 0.29) is 35.5 Å². The second kappa shape index (κ2) is 14.7. The summed E-state index contributed by atoms with van der Waals surface area (Å²) in [5.74, 6) is 0.797.